The van der Waals surface area contributed by atoms with E-state index in [0.717, 1.165) is 25.2 Å². The Hall–Kier alpha value is -0.530. The second kappa shape index (κ2) is 17.9. The van der Waals surface area contributed by atoms with Gasteiger partial charge in [0, 0.05) is 0 Å². The number of hydrogen-bond donors (Lipinski definition) is 1. The first kappa shape index (κ1) is 25.5. The van der Waals surface area contributed by atoms with Crippen LogP contribution in [-0.4, -0.2) is 11.1 Å². The van der Waals surface area contributed by atoms with E-state index in [-0.39, 0.29) is 5.92 Å². The van der Waals surface area contributed by atoms with Gasteiger partial charge in [-0.15, -0.1) is 0 Å². The van der Waals surface area contributed by atoms with Gasteiger partial charge in [-0.2, -0.15) is 0 Å². The first-order chi connectivity index (χ1) is 12.4. The molecule has 0 amide bonds. The van der Waals surface area contributed by atoms with Crippen LogP contribution in [0.25, 0.3) is 0 Å². The molecule has 2 nitrogen and oxygen atoms in total. The molecule has 2 heteroatoms. The van der Waals surface area contributed by atoms with Crippen molar-refractivity contribution in [2.75, 3.05) is 0 Å². The molecule has 0 aromatic rings. The third kappa shape index (κ3) is 18.3. The number of carbonyl (C=O) groups is 1. The van der Waals surface area contributed by atoms with Gasteiger partial charge in [-0.25, -0.2) is 0 Å². The Morgan fingerprint density at radius 2 is 0.923 bits per heavy atom. The van der Waals surface area contributed by atoms with Crippen LogP contribution in [0.15, 0.2) is 0 Å². The molecule has 0 fully saturated rings. The smallest absolute Gasteiger partial charge is 0.306 e. The van der Waals surface area contributed by atoms with E-state index in [2.05, 4.69) is 27.7 Å². The zero-order valence-corrected chi connectivity index (χ0v) is 18.4. The summed E-state index contributed by atoms with van der Waals surface area (Å²) in [6.45, 7) is 8.87. The molecular weight excluding hydrogens is 320 g/mol. The van der Waals surface area contributed by atoms with Crippen LogP contribution in [-0.2, 0) is 4.79 Å². The molecule has 1 atom stereocenters. The molecule has 156 valence electrons. The average molecular weight is 369 g/mol. The SMILES string of the molecule is CC(C)CCCCCCCCCCCCCCCC(CC(C)C)C(=O)O. The van der Waals surface area contributed by atoms with E-state index < -0.39 is 5.97 Å². The molecule has 0 saturated carbocycles. The fourth-order valence-electron chi connectivity index (χ4n) is 3.80. The van der Waals surface area contributed by atoms with Gasteiger partial charge < -0.3 is 5.11 Å². The first-order valence-electron chi connectivity index (χ1n) is 11.7. The molecular formula is C24H48O2. The van der Waals surface area contributed by atoms with Crippen molar-refractivity contribution < 1.29 is 9.90 Å². The number of unbranched alkanes of at least 4 members (excludes halogenated alkanes) is 12. The molecule has 1 unspecified atom stereocenters. The number of carboxylic acid groups (broad SMARTS) is 1. The molecule has 0 aliphatic heterocycles. The van der Waals surface area contributed by atoms with Crippen molar-refractivity contribution in [2.45, 2.75) is 130 Å². The van der Waals surface area contributed by atoms with E-state index >= 15 is 0 Å². The number of rotatable bonds is 19. The van der Waals surface area contributed by atoms with Gasteiger partial charge in [-0.05, 0) is 24.7 Å². The van der Waals surface area contributed by atoms with Crippen LogP contribution in [0.4, 0.5) is 0 Å². The minimum Gasteiger partial charge on any atom is -0.481 e. The van der Waals surface area contributed by atoms with Crippen molar-refractivity contribution >= 4 is 5.97 Å². The standard InChI is InChI=1S/C24H48O2/c1-21(2)18-16-14-12-10-8-6-5-7-9-11-13-15-17-19-23(24(25)26)20-22(3)4/h21-23H,5-20H2,1-4H3,(H,25,26). The molecule has 0 aromatic heterocycles. The van der Waals surface area contributed by atoms with Crippen LogP contribution in [0, 0.1) is 17.8 Å². The normalized spacial score (nSPS) is 12.8. The van der Waals surface area contributed by atoms with Crippen molar-refractivity contribution in [3.05, 3.63) is 0 Å². The quantitative estimate of drug-likeness (QED) is 0.233. The average Bonchev–Trinajstić information content (AvgIpc) is 2.56. The maximum atomic E-state index is 11.2. The minimum atomic E-state index is -0.598. The van der Waals surface area contributed by atoms with E-state index in [9.17, 15) is 9.90 Å². The number of hydrogen-bond acceptors (Lipinski definition) is 1. The third-order valence-electron chi connectivity index (χ3n) is 5.44. The van der Waals surface area contributed by atoms with Crippen LogP contribution in [0.2, 0.25) is 0 Å². The maximum absolute atomic E-state index is 11.2. The molecule has 0 bridgehead atoms. The molecule has 1 N–H and O–H groups in total. The van der Waals surface area contributed by atoms with Crippen molar-refractivity contribution in [3.8, 4) is 0 Å². The molecule has 0 spiro atoms. The summed E-state index contributed by atoms with van der Waals surface area (Å²) in [6.07, 6.45) is 20.7. The summed E-state index contributed by atoms with van der Waals surface area (Å²) < 4.78 is 0. The number of carboxylic acids is 1. The van der Waals surface area contributed by atoms with Crippen LogP contribution >= 0.6 is 0 Å². The monoisotopic (exact) mass is 368 g/mol. The van der Waals surface area contributed by atoms with Gasteiger partial charge in [0.25, 0.3) is 0 Å². The zero-order valence-electron chi connectivity index (χ0n) is 18.4. The lowest BCUT2D eigenvalue weighted by molar-refractivity contribution is -0.142. The summed E-state index contributed by atoms with van der Waals surface area (Å²) in [5.74, 6) is 0.628. The highest BCUT2D eigenvalue weighted by molar-refractivity contribution is 5.69. The predicted molar refractivity (Wildman–Crippen MR) is 115 cm³/mol. The highest BCUT2D eigenvalue weighted by Gasteiger charge is 2.17. The van der Waals surface area contributed by atoms with Crippen molar-refractivity contribution in [1.82, 2.24) is 0 Å². The zero-order chi connectivity index (χ0) is 19.6. The highest BCUT2D eigenvalue weighted by atomic mass is 16.4. The van der Waals surface area contributed by atoms with Crippen molar-refractivity contribution in [1.29, 1.82) is 0 Å². The van der Waals surface area contributed by atoms with Gasteiger partial charge in [0.05, 0.1) is 5.92 Å². The van der Waals surface area contributed by atoms with E-state index in [4.69, 9.17) is 0 Å². The van der Waals surface area contributed by atoms with Crippen LogP contribution in [0.3, 0.4) is 0 Å². The molecule has 0 aliphatic carbocycles. The van der Waals surface area contributed by atoms with Gasteiger partial charge in [0.1, 0.15) is 0 Å². The molecule has 0 rings (SSSR count). The van der Waals surface area contributed by atoms with Gasteiger partial charge in [0.15, 0.2) is 0 Å². The Labute approximate surface area is 164 Å². The topological polar surface area (TPSA) is 37.3 Å². The molecule has 0 aliphatic rings. The van der Waals surface area contributed by atoms with E-state index in [1.165, 1.54) is 83.5 Å². The Balaban J connectivity index is 3.27. The van der Waals surface area contributed by atoms with Crippen molar-refractivity contribution in [3.63, 3.8) is 0 Å². The van der Waals surface area contributed by atoms with Gasteiger partial charge >= 0.3 is 5.97 Å². The Morgan fingerprint density at radius 3 is 1.23 bits per heavy atom. The van der Waals surface area contributed by atoms with Crippen LogP contribution in [0.5, 0.6) is 0 Å². The van der Waals surface area contributed by atoms with Crippen LogP contribution in [0.1, 0.15) is 130 Å². The fourth-order valence-corrected chi connectivity index (χ4v) is 3.80. The predicted octanol–water partition coefficient (Wildman–Crippen LogP) is 8.24. The lowest BCUT2D eigenvalue weighted by atomic mass is 9.92. The summed E-state index contributed by atoms with van der Waals surface area (Å²) >= 11 is 0. The molecule has 26 heavy (non-hydrogen) atoms. The third-order valence-corrected chi connectivity index (χ3v) is 5.44. The van der Waals surface area contributed by atoms with Crippen LogP contribution < -0.4 is 0 Å². The second-order valence-electron chi connectivity index (χ2n) is 9.23. The van der Waals surface area contributed by atoms with E-state index in [1.54, 1.807) is 0 Å². The molecule has 0 radical (unpaired) electrons. The summed E-state index contributed by atoms with van der Waals surface area (Å²) in [5.41, 5.74) is 0. The van der Waals surface area contributed by atoms with E-state index in [0.29, 0.717) is 5.92 Å². The highest BCUT2D eigenvalue weighted by Crippen LogP contribution is 2.20. The Bertz CT molecular complexity index is 309. The van der Waals surface area contributed by atoms with Gasteiger partial charge in [-0.1, -0.05) is 118 Å². The summed E-state index contributed by atoms with van der Waals surface area (Å²) in [4.78, 5) is 11.2. The van der Waals surface area contributed by atoms with Gasteiger partial charge in [0.2, 0.25) is 0 Å². The second-order valence-corrected chi connectivity index (χ2v) is 9.23. The summed E-state index contributed by atoms with van der Waals surface area (Å²) in [6, 6.07) is 0. The van der Waals surface area contributed by atoms with Crippen molar-refractivity contribution in [2.24, 2.45) is 17.8 Å². The fraction of sp³-hybridized carbons (Fsp3) is 0.958. The maximum Gasteiger partial charge on any atom is 0.306 e. The lowest BCUT2D eigenvalue weighted by Gasteiger charge is -2.14. The molecule has 0 heterocycles. The number of aliphatic carboxylic acids is 1. The summed E-state index contributed by atoms with van der Waals surface area (Å²) in [5, 5.41) is 9.25. The molecule has 0 saturated heterocycles. The largest absolute Gasteiger partial charge is 0.481 e. The lowest BCUT2D eigenvalue weighted by Crippen LogP contribution is -2.15. The Morgan fingerprint density at radius 1 is 0.577 bits per heavy atom. The first-order valence-corrected chi connectivity index (χ1v) is 11.7. The Kier molecular flexibility index (Phi) is 17.5. The molecule has 0 aromatic carbocycles. The summed E-state index contributed by atoms with van der Waals surface area (Å²) in [7, 11) is 0. The van der Waals surface area contributed by atoms with E-state index in [1.807, 2.05) is 0 Å². The van der Waals surface area contributed by atoms with Gasteiger partial charge in [-0.3, -0.25) is 4.79 Å². The minimum absolute atomic E-state index is 0.125.